The molecule has 1 heterocycles. The molecule has 1 aromatic heterocycles. The molecule has 6 heteroatoms. The van der Waals surface area contributed by atoms with E-state index >= 15 is 0 Å². The molecule has 1 aromatic rings. The van der Waals surface area contributed by atoms with Crippen LogP contribution in [-0.2, 0) is 0 Å². The minimum atomic E-state index is -4.97. The zero-order valence-electron chi connectivity index (χ0n) is 6.42. The van der Waals surface area contributed by atoms with Gasteiger partial charge in [0, 0.05) is 6.20 Å². The van der Waals surface area contributed by atoms with Crippen LogP contribution in [-0.4, -0.2) is 12.0 Å². The standard InChI is InChI=1S/C7H5BF4N/c9-7-3-6(4-13-5-7)1-2-8(10,11)12/h1-5H/q-1/b2-1+. The van der Waals surface area contributed by atoms with E-state index in [4.69, 9.17) is 0 Å². The summed E-state index contributed by atoms with van der Waals surface area (Å²) in [5, 5.41) is 0. The molecule has 0 unspecified atom stereocenters. The van der Waals surface area contributed by atoms with E-state index in [1.807, 2.05) is 0 Å². The molecular formula is C7H5BF4N-. The average molecular weight is 190 g/mol. The third kappa shape index (κ3) is 3.73. The zero-order valence-corrected chi connectivity index (χ0v) is 6.42. The predicted molar refractivity (Wildman–Crippen MR) is 42.3 cm³/mol. The van der Waals surface area contributed by atoms with Gasteiger partial charge in [0.1, 0.15) is 5.82 Å². The van der Waals surface area contributed by atoms with Crippen LogP contribution in [0.4, 0.5) is 17.3 Å². The molecule has 1 rings (SSSR count). The fraction of sp³-hybridized carbons (Fsp3) is 0. The molecule has 0 aliphatic heterocycles. The first-order chi connectivity index (χ1) is 5.97. The van der Waals surface area contributed by atoms with Crippen LogP contribution in [0.5, 0.6) is 0 Å². The highest BCUT2D eigenvalue weighted by Gasteiger charge is 2.16. The van der Waals surface area contributed by atoms with Crippen LogP contribution in [0.3, 0.4) is 0 Å². The van der Waals surface area contributed by atoms with Crippen LogP contribution < -0.4 is 0 Å². The van der Waals surface area contributed by atoms with Crippen LogP contribution in [0.15, 0.2) is 24.4 Å². The van der Waals surface area contributed by atoms with E-state index in [0.717, 1.165) is 24.5 Å². The van der Waals surface area contributed by atoms with E-state index in [1.54, 1.807) is 0 Å². The van der Waals surface area contributed by atoms with Gasteiger partial charge in [-0.05, 0) is 11.6 Å². The van der Waals surface area contributed by atoms with Crippen molar-refractivity contribution in [1.82, 2.24) is 4.98 Å². The number of hydrogen-bond donors (Lipinski definition) is 0. The van der Waals surface area contributed by atoms with Gasteiger partial charge in [0.05, 0.1) is 6.20 Å². The van der Waals surface area contributed by atoms with Crippen LogP contribution in [0.1, 0.15) is 5.56 Å². The van der Waals surface area contributed by atoms with Gasteiger partial charge in [-0.3, -0.25) is 4.98 Å². The molecule has 0 fully saturated rings. The lowest BCUT2D eigenvalue weighted by atomic mass is 9.91. The quantitative estimate of drug-likeness (QED) is 0.515. The highest BCUT2D eigenvalue weighted by molar-refractivity contribution is 6.64. The first kappa shape index (κ1) is 9.76. The lowest BCUT2D eigenvalue weighted by Gasteiger charge is -2.05. The second-order valence-electron chi connectivity index (χ2n) is 2.42. The number of rotatable bonds is 2. The Bertz CT molecular complexity index is 321. The summed E-state index contributed by atoms with van der Waals surface area (Å²) < 4.78 is 47.5. The van der Waals surface area contributed by atoms with Crippen LogP contribution in [0.25, 0.3) is 6.08 Å². The Kier molecular flexibility index (Phi) is 2.70. The van der Waals surface area contributed by atoms with E-state index < -0.39 is 12.8 Å². The van der Waals surface area contributed by atoms with Crippen molar-refractivity contribution in [2.75, 3.05) is 0 Å². The van der Waals surface area contributed by atoms with E-state index in [2.05, 4.69) is 4.98 Å². The summed E-state index contributed by atoms with van der Waals surface area (Å²) in [6.07, 6.45) is 2.87. The summed E-state index contributed by atoms with van der Waals surface area (Å²) in [6, 6.07) is 0.978. The highest BCUT2D eigenvalue weighted by Crippen LogP contribution is 2.12. The van der Waals surface area contributed by atoms with Gasteiger partial charge in [-0.2, -0.15) is 0 Å². The monoisotopic (exact) mass is 190 g/mol. The minimum absolute atomic E-state index is 0.0937. The molecule has 0 aliphatic carbocycles. The number of halogens is 4. The molecule has 1 nitrogen and oxygen atoms in total. The van der Waals surface area contributed by atoms with E-state index in [9.17, 15) is 17.3 Å². The maximum absolute atomic E-state index is 12.4. The van der Waals surface area contributed by atoms with E-state index in [-0.39, 0.29) is 11.5 Å². The summed E-state index contributed by atoms with van der Waals surface area (Å²) in [6.45, 7) is -4.97. The largest absolute Gasteiger partial charge is 0.502 e. The molecule has 13 heavy (non-hydrogen) atoms. The molecule has 0 amide bonds. The maximum Gasteiger partial charge on any atom is 0.502 e. The van der Waals surface area contributed by atoms with Crippen molar-refractivity contribution in [3.05, 3.63) is 35.8 Å². The molecule has 0 bridgehead atoms. The predicted octanol–water partition coefficient (Wildman–Crippen LogP) is 2.62. The van der Waals surface area contributed by atoms with Gasteiger partial charge < -0.3 is 12.9 Å². The van der Waals surface area contributed by atoms with Crippen LogP contribution in [0, 0.1) is 5.82 Å². The van der Waals surface area contributed by atoms with Gasteiger partial charge in [-0.15, -0.1) is 5.98 Å². The van der Waals surface area contributed by atoms with E-state index in [1.165, 1.54) is 0 Å². The van der Waals surface area contributed by atoms with Gasteiger partial charge in [-0.25, -0.2) is 4.39 Å². The Morgan fingerprint density at radius 2 is 1.92 bits per heavy atom. The number of hydrogen-bond acceptors (Lipinski definition) is 1. The molecule has 0 aromatic carbocycles. The van der Waals surface area contributed by atoms with Crippen molar-refractivity contribution in [1.29, 1.82) is 0 Å². The first-order valence-corrected chi connectivity index (χ1v) is 3.47. The Morgan fingerprint density at radius 3 is 2.46 bits per heavy atom. The van der Waals surface area contributed by atoms with Crippen molar-refractivity contribution in [2.24, 2.45) is 0 Å². The van der Waals surface area contributed by atoms with Gasteiger partial charge in [0.2, 0.25) is 0 Å². The molecule has 0 saturated heterocycles. The van der Waals surface area contributed by atoms with Gasteiger partial charge in [0.15, 0.2) is 0 Å². The zero-order chi connectivity index (χ0) is 9.90. The molecule has 0 atom stereocenters. The van der Waals surface area contributed by atoms with Crippen molar-refractivity contribution in [2.45, 2.75) is 0 Å². The summed E-state index contributed by atoms with van der Waals surface area (Å²) in [5.41, 5.74) is 0.0965. The van der Waals surface area contributed by atoms with Gasteiger partial charge >= 0.3 is 6.98 Å². The topological polar surface area (TPSA) is 12.9 Å². The number of nitrogens with zero attached hydrogens (tertiary/aromatic N) is 1. The summed E-state index contributed by atoms with van der Waals surface area (Å²) in [5.74, 6) is -0.562. The molecule has 0 radical (unpaired) electrons. The molecule has 0 spiro atoms. The van der Waals surface area contributed by atoms with Crippen LogP contribution in [0.2, 0.25) is 0 Å². The Balaban J connectivity index is 2.80. The molecule has 0 N–H and O–H groups in total. The second-order valence-corrected chi connectivity index (χ2v) is 2.42. The second kappa shape index (κ2) is 3.59. The minimum Gasteiger partial charge on any atom is -0.445 e. The van der Waals surface area contributed by atoms with E-state index in [0.29, 0.717) is 0 Å². The lowest BCUT2D eigenvalue weighted by molar-refractivity contribution is 0.499. The molecule has 70 valence electrons. The molecule has 0 aliphatic rings. The average Bonchev–Trinajstić information content (AvgIpc) is 2.00. The number of pyridine rings is 1. The maximum atomic E-state index is 12.4. The summed E-state index contributed by atoms with van der Waals surface area (Å²) in [7, 11) is 0. The van der Waals surface area contributed by atoms with Gasteiger partial charge in [-0.1, -0.05) is 6.08 Å². The fourth-order valence-corrected chi connectivity index (χ4v) is 0.740. The van der Waals surface area contributed by atoms with Crippen molar-refractivity contribution in [3.63, 3.8) is 0 Å². The van der Waals surface area contributed by atoms with Crippen molar-refractivity contribution in [3.8, 4) is 0 Å². The SMILES string of the molecule is Fc1cncc(/C=C/[B-](F)(F)F)c1. The third-order valence-electron chi connectivity index (χ3n) is 1.23. The van der Waals surface area contributed by atoms with Crippen molar-refractivity contribution >= 4 is 13.1 Å². The molecular weight excluding hydrogens is 185 g/mol. The third-order valence-corrected chi connectivity index (χ3v) is 1.23. The summed E-state index contributed by atoms with van der Waals surface area (Å²) >= 11 is 0. The Labute approximate surface area is 72.2 Å². The highest BCUT2D eigenvalue weighted by atomic mass is 19.4. The first-order valence-electron chi connectivity index (χ1n) is 3.47. The Hall–Kier alpha value is -1.33. The lowest BCUT2D eigenvalue weighted by Crippen LogP contribution is -2.09. The van der Waals surface area contributed by atoms with Gasteiger partial charge in [0.25, 0.3) is 0 Å². The normalized spacial score (nSPS) is 12.3. The molecule has 0 saturated carbocycles. The summed E-state index contributed by atoms with van der Waals surface area (Å²) in [4.78, 5) is 3.40. The Morgan fingerprint density at radius 1 is 1.23 bits per heavy atom. The number of aromatic nitrogens is 1. The smallest absolute Gasteiger partial charge is 0.445 e. The fourth-order valence-electron chi connectivity index (χ4n) is 0.740. The van der Waals surface area contributed by atoms with Crippen molar-refractivity contribution < 1.29 is 17.3 Å². The van der Waals surface area contributed by atoms with Crippen LogP contribution >= 0.6 is 0 Å².